The Morgan fingerprint density at radius 3 is 2.56 bits per heavy atom. The van der Waals surface area contributed by atoms with Gasteiger partial charge in [0.2, 0.25) is 5.91 Å². The van der Waals surface area contributed by atoms with Crippen LogP contribution in [0.5, 0.6) is 0 Å². The molecule has 1 aromatic carbocycles. The molecule has 1 aliphatic heterocycles. The molecule has 1 saturated heterocycles. The first kappa shape index (κ1) is 12.6. The van der Waals surface area contributed by atoms with Crippen molar-refractivity contribution < 1.29 is 14.3 Å². The summed E-state index contributed by atoms with van der Waals surface area (Å²) in [6, 6.07) is 7.13. The van der Waals surface area contributed by atoms with Crippen molar-refractivity contribution in [3.05, 3.63) is 29.8 Å². The maximum atomic E-state index is 12.1. The molecular weight excluding hydrogens is 232 g/mol. The number of ether oxygens (including phenoxy) is 1. The molecule has 96 valence electrons. The van der Waals surface area contributed by atoms with E-state index in [0.29, 0.717) is 24.5 Å². The molecule has 1 aliphatic rings. The number of carbonyl (C=O) groups excluding carboxylic acids is 2. The highest BCUT2D eigenvalue weighted by molar-refractivity contribution is 6.04. The first-order valence-electron chi connectivity index (χ1n) is 5.81. The molecule has 5 nitrogen and oxygen atoms in total. The number of hydrogen-bond acceptors (Lipinski definition) is 3. The molecule has 5 heteroatoms. The lowest BCUT2D eigenvalue weighted by atomic mass is 10.1. The van der Waals surface area contributed by atoms with Gasteiger partial charge in [-0.15, -0.1) is 0 Å². The van der Waals surface area contributed by atoms with E-state index in [1.165, 1.54) is 11.8 Å². The summed E-state index contributed by atoms with van der Waals surface area (Å²) in [4.78, 5) is 24.9. The minimum atomic E-state index is -0.174. The topological polar surface area (TPSA) is 58.6 Å². The van der Waals surface area contributed by atoms with Gasteiger partial charge in [0.05, 0.1) is 30.5 Å². The van der Waals surface area contributed by atoms with Crippen LogP contribution in [0.1, 0.15) is 17.3 Å². The Labute approximate surface area is 106 Å². The molecule has 1 fully saturated rings. The van der Waals surface area contributed by atoms with Gasteiger partial charge in [-0.1, -0.05) is 12.1 Å². The van der Waals surface area contributed by atoms with Gasteiger partial charge in [-0.3, -0.25) is 9.59 Å². The van der Waals surface area contributed by atoms with E-state index in [4.69, 9.17) is 4.74 Å². The molecule has 1 heterocycles. The molecule has 1 N–H and O–H groups in total. The first-order chi connectivity index (χ1) is 8.59. The monoisotopic (exact) mass is 248 g/mol. The van der Waals surface area contributed by atoms with Crippen molar-refractivity contribution in [1.82, 2.24) is 5.32 Å². The number of nitrogens with one attached hydrogen (secondary N) is 1. The second-order valence-electron chi connectivity index (χ2n) is 4.30. The Morgan fingerprint density at radius 2 is 2.00 bits per heavy atom. The molecule has 0 saturated carbocycles. The fourth-order valence-electron chi connectivity index (χ4n) is 1.71. The van der Waals surface area contributed by atoms with Crippen molar-refractivity contribution in [2.75, 3.05) is 25.2 Å². The third-order valence-electron chi connectivity index (χ3n) is 2.96. The fourth-order valence-corrected chi connectivity index (χ4v) is 1.71. The Balaban J connectivity index is 2.20. The first-order valence-corrected chi connectivity index (χ1v) is 5.81. The van der Waals surface area contributed by atoms with Crippen LogP contribution in [-0.4, -0.2) is 38.1 Å². The van der Waals surface area contributed by atoms with Gasteiger partial charge in [0, 0.05) is 14.0 Å². The van der Waals surface area contributed by atoms with Crippen LogP contribution in [0, 0.1) is 0 Å². The smallest absolute Gasteiger partial charge is 0.253 e. The van der Waals surface area contributed by atoms with Gasteiger partial charge in [-0.05, 0) is 12.1 Å². The van der Waals surface area contributed by atoms with E-state index < -0.39 is 0 Å². The number of hydrogen-bond donors (Lipinski definition) is 1. The van der Waals surface area contributed by atoms with Crippen molar-refractivity contribution in [3.63, 3.8) is 0 Å². The molecule has 0 unspecified atom stereocenters. The van der Waals surface area contributed by atoms with Crippen molar-refractivity contribution in [2.45, 2.75) is 13.0 Å². The number of para-hydroxylation sites is 1. The molecule has 0 aromatic heterocycles. The van der Waals surface area contributed by atoms with Crippen molar-refractivity contribution in [1.29, 1.82) is 0 Å². The normalized spacial score (nSPS) is 14.8. The molecule has 18 heavy (non-hydrogen) atoms. The van der Waals surface area contributed by atoms with Gasteiger partial charge in [0.15, 0.2) is 0 Å². The molecule has 0 aliphatic carbocycles. The number of nitrogens with zero attached hydrogens (tertiary/aromatic N) is 1. The molecule has 2 amide bonds. The number of amides is 2. The van der Waals surface area contributed by atoms with Crippen LogP contribution in [0.2, 0.25) is 0 Å². The lowest BCUT2D eigenvalue weighted by molar-refractivity contribution is -0.116. The van der Waals surface area contributed by atoms with Gasteiger partial charge in [0.1, 0.15) is 0 Å². The largest absolute Gasteiger partial charge is 0.377 e. The highest BCUT2D eigenvalue weighted by atomic mass is 16.5. The zero-order chi connectivity index (χ0) is 13.1. The Hall–Kier alpha value is -1.88. The second kappa shape index (κ2) is 5.18. The van der Waals surface area contributed by atoms with E-state index in [1.54, 1.807) is 31.3 Å². The third-order valence-corrected chi connectivity index (χ3v) is 2.96. The molecule has 1 aromatic rings. The predicted molar refractivity (Wildman–Crippen MR) is 67.6 cm³/mol. The minimum Gasteiger partial charge on any atom is -0.377 e. The van der Waals surface area contributed by atoms with Crippen LogP contribution < -0.4 is 10.2 Å². The Morgan fingerprint density at radius 1 is 1.33 bits per heavy atom. The van der Waals surface area contributed by atoms with Crippen LogP contribution in [0.15, 0.2) is 24.3 Å². The third kappa shape index (κ3) is 2.51. The lowest BCUT2D eigenvalue weighted by Gasteiger charge is -2.27. The Kier molecular flexibility index (Phi) is 3.62. The van der Waals surface area contributed by atoms with E-state index in [2.05, 4.69) is 5.32 Å². The lowest BCUT2D eigenvalue weighted by Crippen LogP contribution is -2.48. The van der Waals surface area contributed by atoms with E-state index in [0.717, 1.165) is 0 Å². The van der Waals surface area contributed by atoms with Gasteiger partial charge >= 0.3 is 0 Å². The van der Waals surface area contributed by atoms with Crippen LogP contribution in [0.4, 0.5) is 5.69 Å². The number of benzene rings is 1. The SMILES string of the molecule is CC(=O)N(C)c1ccccc1C(=O)NC1COC1. The highest BCUT2D eigenvalue weighted by Gasteiger charge is 2.23. The van der Waals surface area contributed by atoms with Crippen LogP contribution >= 0.6 is 0 Å². The van der Waals surface area contributed by atoms with Gasteiger partial charge in [-0.2, -0.15) is 0 Å². The zero-order valence-corrected chi connectivity index (χ0v) is 10.5. The van der Waals surface area contributed by atoms with Gasteiger partial charge < -0.3 is 15.0 Å². The molecule has 0 spiro atoms. The molecule has 0 atom stereocenters. The van der Waals surface area contributed by atoms with Gasteiger partial charge in [-0.25, -0.2) is 0 Å². The number of anilines is 1. The maximum Gasteiger partial charge on any atom is 0.253 e. The maximum absolute atomic E-state index is 12.1. The molecule has 0 bridgehead atoms. The molecular formula is C13H16N2O3. The van der Waals surface area contributed by atoms with Crippen molar-refractivity contribution in [2.24, 2.45) is 0 Å². The summed E-state index contributed by atoms with van der Waals surface area (Å²) in [5.41, 5.74) is 1.12. The predicted octanol–water partition coefficient (Wildman–Crippen LogP) is 0.798. The van der Waals surface area contributed by atoms with Crippen molar-refractivity contribution in [3.8, 4) is 0 Å². The van der Waals surface area contributed by atoms with E-state index in [9.17, 15) is 9.59 Å². The van der Waals surface area contributed by atoms with E-state index >= 15 is 0 Å². The molecule has 0 radical (unpaired) electrons. The Bertz CT molecular complexity index is 469. The molecule has 2 rings (SSSR count). The average Bonchev–Trinajstić information content (AvgIpc) is 2.32. The van der Waals surface area contributed by atoms with Crippen molar-refractivity contribution >= 4 is 17.5 Å². The van der Waals surface area contributed by atoms with Crippen LogP contribution in [-0.2, 0) is 9.53 Å². The quantitative estimate of drug-likeness (QED) is 0.860. The van der Waals surface area contributed by atoms with E-state index in [-0.39, 0.29) is 17.9 Å². The summed E-state index contributed by atoms with van der Waals surface area (Å²) in [6.07, 6.45) is 0. The van der Waals surface area contributed by atoms with Crippen LogP contribution in [0.25, 0.3) is 0 Å². The summed E-state index contributed by atoms with van der Waals surface area (Å²) in [5.74, 6) is -0.283. The summed E-state index contributed by atoms with van der Waals surface area (Å²) in [5, 5.41) is 2.86. The zero-order valence-electron chi connectivity index (χ0n) is 10.5. The summed E-state index contributed by atoms with van der Waals surface area (Å²) in [7, 11) is 1.65. The van der Waals surface area contributed by atoms with Gasteiger partial charge in [0.25, 0.3) is 5.91 Å². The fraction of sp³-hybridized carbons (Fsp3) is 0.385. The summed E-state index contributed by atoms with van der Waals surface area (Å²) < 4.78 is 5.01. The standard InChI is InChI=1S/C13H16N2O3/c1-9(16)15(2)12-6-4-3-5-11(12)13(17)14-10-7-18-8-10/h3-6,10H,7-8H2,1-2H3,(H,14,17). The number of rotatable bonds is 3. The van der Waals surface area contributed by atoms with E-state index in [1.807, 2.05) is 0 Å². The highest BCUT2D eigenvalue weighted by Crippen LogP contribution is 2.19. The minimum absolute atomic E-state index is 0.0770. The van der Waals surface area contributed by atoms with Crippen LogP contribution in [0.3, 0.4) is 0 Å². The number of carbonyl (C=O) groups is 2. The second-order valence-corrected chi connectivity index (χ2v) is 4.30. The average molecular weight is 248 g/mol. The summed E-state index contributed by atoms with van der Waals surface area (Å²) >= 11 is 0. The summed E-state index contributed by atoms with van der Waals surface area (Å²) in [6.45, 7) is 2.57.